The predicted octanol–water partition coefficient (Wildman–Crippen LogP) is 3.36. The van der Waals surface area contributed by atoms with Gasteiger partial charge in [-0.1, -0.05) is 18.2 Å². The largest absolute Gasteiger partial charge is 0.317 e. The lowest BCUT2D eigenvalue weighted by molar-refractivity contribution is -0.128. The van der Waals surface area contributed by atoms with Crippen molar-refractivity contribution in [2.75, 3.05) is 6.54 Å². The molecule has 0 unspecified atom stereocenters. The zero-order valence-corrected chi connectivity index (χ0v) is 17.0. The van der Waals surface area contributed by atoms with Gasteiger partial charge in [-0.25, -0.2) is 0 Å². The third-order valence-electron chi connectivity index (χ3n) is 4.94. The maximum atomic E-state index is 12.7. The molecule has 0 aliphatic carbocycles. The van der Waals surface area contributed by atoms with E-state index in [1.54, 1.807) is 6.08 Å². The highest BCUT2D eigenvalue weighted by Crippen LogP contribution is 2.27. The number of para-hydroxylation sites is 1. The molecule has 6 heteroatoms. The minimum atomic E-state index is -0.452. The Balaban J connectivity index is 2.12. The van der Waals surface area contributed by atoms with Crippen LogP contribution in [0.2, 0.25) is 0 Å². The number of rotatable bonds is 3. The number of amides is 2. The van der Waals surface area contributed by atoms with Gasteiger partial charge in [-0.2, -0.15) is 0 Å². The van der Waals surface area contributed by atoms with Crippen LogP contribution >= 0.6 is 12.2 Å². The summed E-state index contributed by atoms with van der Waals surface area (Å²) in [5, 5.41) is 2.75. The highest BCUT2D eigenvalue weighted by Gasteiger charge is 2.32. The standard InChI is InChI=1S/C21H23N3O2S/c1-6-23-20(26)17(19(25)22-21(23)27)11-16-10-14(4)24(15(16)5)18-12(2)8-7-9-13(18)3/h7-11H,6H2,1-5H3,(H,22,25,27)/b17-11+. The van der Waals surface area contributed by atoms with E-state index >= 15 is 0 Å². The molecule has 5 nitrogen and oxygen atoms in total. The molecule has 0 saturated carbocycles. The molecule has 1 N–H and O–H groups in total. The number of likely N-dealkylation sites (N-methyl/N-ethyl adjacent to an activating group) is 1. The Morgan fingerprint density at radius 1 is 1.11 bits per heavy atom. The quantitative estimate of drug-likeness (QED) is 0.504. The minimum Gasteiger partial charge on any atom is -0.317 e. The van der Waals surface area contributed by atoms with E-state index in [-0.39, 0.29) is 16.6 Å². The van der Waals surface area contributed by atoms with Crippen molar-refractivity contribution in [3.05, 3.63) is 57.9 Å². The van der Waals surface area contributed by atoms with E-state index in [1.807, 2.05) is 32.9 Å². The second-order valence-electron chi connectivity index (χ2n) is 6.77. The van der Waals surface area contributed by atoms with E-state index in [2.05, 4.69) is 35.9 Å². The zero-order chi connectivity index (χ0) is 19.9. The highest BCUT2D eigenvalue weighted by molar-refractivity contribution is 7.80. The van der Waals surface area contributed by atoms with Gasteiger partial charge in [-0.3, -0.25) is 19.8 Å². The van der Waals surface area contributed by atoms with Crippen LogP contribution in [0.3, 0.4) is 0 Å². The third-order valence-corrected chi connectivity index (χ3v) is 5.26. The number of nitrogens with zero attached hydrogens (tertiary/aromatic N) is 2. The van der Waals surface area contributed by atoms with Crippen LogP contribution in [0.4, 0.5) is 0 Å². The Morgan fingerprint density at radius 3 is 2.33 bits per heavy atom. The summed E-state index contributed by atoms with van der Waals surface area (Å²) in [4.78, 5) is 26.4. The molecule has 1 aromatic carbocycles. The number of benzene rings is 1. The van der Waals surface area contributed by atoms with Crippen LogP contribution < -0.4 is 5.32 Å². The van der Waals surface area contributed by atoms with Gasteiger partial charge in [0, 0.05) is 17.9 Å². The summed E-state index contributed by atoms with van der Waals surface area (Å²) in [7, 11) is 0. The summed E-state index contributed by atoms with van der Waals surface area (Å²) in [6, 6.07) is 8.20. The molecule has 1 aromatic heterocycles. The van der Waals surface area contributed by atoms with Crippen molar-refractivity contribution in [1.29, 1.82) is 0 Å². The first kappa shape index (κ1) is 19.0. The molecular formula is C21H23N3O2S. The fourth-order valence-corrected chi connectivity index (χ4v) is 3.88. The Morgan fingerprint density at radius 2 is 1.74 bits per heavy atom. The molecule has 2 heterocycles. The van der Waals surface area contributed by atoms with Crippen LogP contribution in [0.1, 0.15) is 35.0 Å². The smallest absolute Gasteiger partial charge is 0.265 e. The lowest BCUT2D eigenvalue weighted by atomic mass is 10.1. The molecule has 0 radical (unpaired) electrons. The van der Waals surface area contributed by atoms with Crippen molar-refractivity contribution < 1.29 is 9.59 Å². The first-order valence-corrected chi connectivity index (χ1v) is 9.31. The Kier molecular flexibility index (Phi) is 5.02. The fraction of sp³-hybridized carbons (Fsp3) is 0.286. The van der Waals surface area contributed by atoms with Gasteiger partial charge in [-0.05, 0) is 75.7 Å². The molecule has 27 heavy (non-hydrogen) atoms. The first-order chi connectivity index (χ1) is 12.8. The minimum absolute atomic E-state index is 0.104. The number of aryl methyl sites for hydroxylation is 3. The number of nitrogens with one attached hydrogen (secondary N) is 1. The zero-order valence-electron chi connectivity index (χ0n) is 16.2. The SMILES string of the molecule is CCN1C(=O)/C(=C/c2cc(C)n(-c3c(C)cccc3C)c2C)C(=O)NC1=S. The molecule has 0 atom stereocenters. The van der Waals surface area contributed by atoms with Crippen molar-refractivity contribution in [2.24, 2.45) is 0 Å². The van der Waals surface area contributed by atoms with E-state index in [9.17, 15) is 9.59 Å². The summed E-state index contributed by atoms with van der Waals surface area (Å²) in [5.74, 6) is -0.810. The summed E-state index contributed by atoms with van der Waals surface area (Å²) >= 11 is 5.08. The molecule has 1 aliphatic heterocycles. The molecule has 0 bridgehead atoms. The molecule has 2 aromatic rings. The molecular weight excluding hydrogens is 358 g/mol. The number of carbonyl (C=O) groups is 2. The molecule has 2 amide bonds. The molecule has 140 valence electrons. The topological polar surface area (TPSA) is 54.3 Å². The van der Waals surface area contributed by atoms with Crippen LogP contribution in [-0.4, -0.2) is 32.9 Å². The van der Waals surface area contributed by atoms with Crippen LogP contribution in [0.5, 0.6) is 0 Å². The lowest BCUT2D eigenvalue weighted by Gasteiger charge is -2.27. The average molecular weight is 382 g/mol. The Hall–Kier alpha value is -2.73. The average Bonchev–Trinajstić information content (AvgIpc) is 2.86. The van der Waals surface area contributed by atoms with E-state index < -0.39 is 5.91 Å². The monoisotopic (exact) mass is 381 g/mol. The summed E-state index contributed by atoms with van der Waals surface area (Å²) in [6.07, 6.45) is 1.66. The fourth-order valence-electron chi connectivity index (χ4n) is 3.57. The van der Waals surface area contributed by atoms with Gasteiger partial charge >= 0.3 is 0 Å². The van der Waals surface area contributed by atoms with Gasteiger partial charge in [0.1, 0.15) is 5.57 Å². The van der Waals surface area contributed by atoms with Crippen molar-refractivity contribution >= 4 is 35.2 Å². The number of hydrogen-bond donors (Lipinski definition) is 1. The summed E-state index contributed by atoms with van der Waals surface area (Å²) in [5.41, 5.74) is 6.45. The van der Waals surface area contributed by atoms with Crippen LogP contribution in [0.15, 0.2) is 29.8 Å². The van der Waals surface area contributed by atoms with Crippen molar-refractivity contribution in [1.82, 2.24) is 14.8 Å². The number of carbonyl (C=O) groups excluding carboxylic acids is 2. The normalized spacial score (nSPS) is 16.3. The number of hydrogen-bond acceptors (Lipinski definition) is 3. The lowest BCUT2D eigenvalue weighted by Crippen LogP contribution is -2.53. The molecule has 1 saturated heterocycles. The molecule has 1 fully saturated rings. The van der Waals surface area contributed by atoms with Crippen molar-refractivity contribution in [3.8, 4) is 5.69 Å². The van der Waals surface area contributed by atoms with E-state index in [4.69, 9.17) is 12.2 Å². The molecule has 3 rings (SSSR count). The van der Waals surface area contributed by atoms with Gasteiger partial charge < -0.3 is 4.57 Å². The van der Waals surface area contributed by atoms with Gasteiger partial charge in [-0.15, -0.1) is 0 Å². The van der Waals surface area contributed by atoms with Crippen LogP contribution in [0.25, 0.3) is 11.8 Å². The number of thiocarbonyl (C=S) groups is 1. The number of aromatic nitrogens is 1. The maximum Gasteiger partial charge on any atom is 0.265 e. The second-order valence-corrected chi connectivity index (χ2v) is 7.16. The van der Waals surface area contributed by atoms with Gasteiger partial charge in [0.15, 0.2) is 5.11 Å². The molecule has 0 spiro atoms. The molecule has 1 aliphatic rings. The van der Waals surface area contributed by atoms with Gasteiger partial charge in [0.25, 0.3) is 11.8 Å². The van der Waals surface area contributed by atoms with Gasteiger partial charge in [0.2, 0.25) is 0 Å². The van der Waals surface area contributed by atoms with E-state index in [0.717, 1.165) is 22.6 Å². The highest BCUT2D eigenvalue weighted by atomic mass is 32.1. The Labute approximate surface area is 164 Å². The van der Waals surface area contributed by atoms with Crippen molar-refractivity contribution in [3.63, 3.8) is 0 Å². The van der Waals surface area contributed by atoms with E-state index in [0.29, 0.717) is 6.54 Å². The summed E-state index contributed by atoms with van der Waals surface area (Å²) in [6.45, 7) is 10.4. The maximum absolute atomic E-state index is 12.7. The summed E-state index contributed by atoms with van der Waals surface area (Å²) < 4.78 is 2.17. The Bertz CT molecular complexity index is 981. The first-order valence-electron chi connectivity index (χ1n) is 8.90. The van der Waals surface area contributed by atoms with Crippen LogP contribution in [-0.2, 0) is 9.59 Å². The second kappa shape index (κ2) is 7.12. The van der Waals surface area contributed by atoms with Gasteiger partial charge in [0.05, 0.1) is 5.69 Å². The predicted molar refractivity (Wildman–Crippen MR) is 111 cm³/mol. The van der Waals surface area contributed by atoms with Crippen molar-refractivity contribution in [2.45, 2.75) is 34.6 Å². The van der Waals surface area contributed by atoms with Crippen LogP contribution in [0, 0.1) is 27.7 Å². The third kappa shape index (κ3) is 3.21. The van der Waals surface area contributed by atoms with E-state index in [1.165, 1.54) is 16.0 Å².